The van der Waals surface area contributed by atoms with Crippen molar-refractivity contribution in [3.05, 3.63) is 23.8 Å². The normalized spacial score (nSPS) is 29.5. The Balaban J connectivity index is 2.68. The Hall–Kier alpha value is -1.13. The lowest BCUT2D eigenvalue weighted by Crippen LogP contribution is -2.45. The maximum Gasteiger partial charge on any atom is 0.323 e. The summed E-state index contributed by atoms with van der Waals surface area (Å²) in [6.07, 6.45) is 6.00. The van der Waals surface area contributed by atoms with Gasteiger partial charge in [-0.2, -0.15) is 0 Å². The molecule has 2 atom stereocenters. The van der Waals surface area contributed by atoms with Crippen molar-refractivity contribution in [2.45, 2.75) is 37.8 Å². The Bertz CT molecular complexity index is 327. The van der Waals surface area contributed by atoms with E-state index in [0.29, 0.717) is 6.42 Å². The Labute approximate surface area is 89.1 Å². The summed E-state index contributed by atoms with van der Waals surface area (Å²) in [5, 5.41) is 18.5. The molecule has 0 saturated heterocycles. The van der Waals surface area contributed by atoms with E-state index in [2.05, 4.69) is 0 Å². The molecule has 84 valence electrons. The zero-order valence-electron chi connectivity index (χ0n) is 9.03. The number of carboxylic acids is 1. The summed E-state index contributed by atoms with van der Waals surface area (Å²) in [4.78, 5) is 10.8. The largest absolute Gasteiger partial charge is 0.480 e. The molecule has 0 amide bonds. The average molecular weight is 211 g/mol. The lowest BCUT2D eigenvalue weighted by Gasteiger charge is -2.25. The minimum atomic E-state index is -1.25. The second-order valence-corrected chi connectivity index (χ2v) is 4.57. The second-order valence-electron chi connectivity index (χ2n) is 4.57. The van der Waals surface area contributed by atoms with Crippen LogP contribution in [-0.4, -0.2) is 27.3 Å². The fourth-order valence-electron chi connectivity index (χ4n) is 1.39. The van der Waals surface area contributed by atoms with Crippen LogP contribution in [0.15, 0.2) is 23.8 Å². The summed E-state index contributed by atoms with van der Waals surface area (Å²) in [6.45, 7) is 3.19. The molecule has 4 nitrogen and oxygen atoms in total. The number of aliphatic carboxylic acids is 1. The van der Waals surface area contributed by atoms with Gasteiger partial charge in [0.1, 0.15) is 5.54 Å². The third-order valence-electron chi connectivity index (χ3n) is 2.49. The highest BCUT2D eigenvalue weighted by molar-refractivity contribution is 5.78. The Morgan fingerprint density at radius 1 is 1.73 bits per heavy atom. The summed E-state index contributed by atoms with van der Waals surface area (Å²) in [5.41, 5.74) is 4.40. The van der Waals surface area contributed by atoms with Crippen molar-refractivity contribution in [2.24, 2.45) is 5.73 Å². The van der Waals surface area contributed by atoms with E-state index >= 15 is 0 Å². The molecule has 0 aromatic heterocycles. The maximum atomic E-state index is 10.8. The lowest BCUT2D eigenvalue weighted by molar-refractivity contribution is -0.142. The number of carboxylic acid groups (broad SMARTS) is 1. The maximum absolute atomic E-state index is 10.8. The van der Waals surface area contributed by atoms with Crippen molar-refractivity contribution < 1.29 is 15.0 Å². The molecule has 1 rings (SSSR count). The monoisotopic (exact) mass is 211 g/mol. The molecule has 0 aliphatic heterocycles. The van der Waals surface area contributed by atoms with Crippen LogP contribution in [0.5, 0.6) is 0 Å². The number of hydrogen-bond donors (Lipinski definition) is 3. The molecule has 0 aromatic rings. The number of carbonyl (C=O) groups is 1. The van der Waals surface area contributed by atoms with Crippen molar-refractivity contribution in [3.8, 4) is 0 Å². The second kappa shape index (κ2) is 3.79. The topological polar surface area (TPSA) is 83.5 Å². The predicted molar refractivity (Wildman–Crippen MR) is 57.3 cm³/mol. The zero-order chi connectivity index (χ0) is 11.7. The average Bonchev–Trinajstić information content (AvgIpc) is 2.08. The molecular formula is C11H17NO3. The van der Waals surface area contributed by atoms with Crippen LogP contribution in [0.25, 0.3) is 0 Å². The first-order valence-corrected chi connectivity index (χ1v) is 4.86. The van der Waals surface area contributed by atoms with Crippen LogP contribution in [-0.2, 0) is 4.79 Å². The van der Waals surface area contributed by atoms with E-state index in [9.17, 15) is 9.90 Å². The van der Waals surface area contributed by atoms with E-state index < -0.39 is 17.1 Å². The van der Waals surface area contributed by atoms with Crippen molar-refractivity contribution in [1.82, 2.24) is 0 Å². The third kappa shape index (κ3) is 3.18. The van der Waals surface area contributed by atoms with E-state index in [0.717, 1.165) is 5.57 Å². The Morgan fingerprint density at radius 3 is 2.73 bits per heavy atom. The van der Waals surface area contributed by atoms with Crippen LogP contribution in [0.2, 0.25) is 0 Å². The summed E-state index contributed by atoms with van der Waals surface area (Å²) in [7, 11) is 0. The SMILES string of the molecule is CC1(O)C=CC(C[C@](C)(N)C(=O)O)=CC1. The van der Waals surface area contributed by atoms with Gasteiger partial charge in [0.2, 0.25) is 0 Å². The number of aliphatic hydroxyl groups is 1. The smallest absolute Gasteiger partial charge is 0.323 e. The Kier molecular flexibility index (Phi) is 3.02. The first-order chi connectivity index (χ1) is 6.73. The van der Waals surface area contributed by atoms with Gasteiger partial charge in [0.25, 0.3) is 0 Å². The molecule has 0 radical (unpaired) electrons. The molecule has 1 aliphatic rings. The fourth-order valence-corrected chi connectivity index (χ4v) is 1.39. The molecule has 15 heavy (non-hydrogen) atoms. The summed E-state index contributed by atoms with van der Waals surface area (Å²) in [6, 6.07) is 0. The van der Waals surface area contributed by atoms with E-state index in [1.165, 1.54) is 6.92 Å². The zero-order valence-corrected chi connectivity index (χ0v) is 9.03. The van der Waals surface area contributed by atoms with Crippen LogP contribution in [0.1, 0.15) is 26.7 Å². The molecule has 0 bridgehead atoms. The van der Waals surface area contributed by atoms with Gasteiger partial charge < -0.3 is 15.9 Å². The van der Waals surface area contributed by atoms with Gasteiger partial charge in [-0.1, -0.05) is 18.2 Å². The number of allylic oxidation sites excluding steroid dienone is 1. The van der Waals surface area contributed by atoms with E-state index in [1.54, 1.807) is 19.1 Å². The first-order valence-electron chi connectivity index (χ1n) is 4.86. The molecule has 0 heterocycles. The quantitative estimate of drug-likeness (QED) is 0.645. The molecule has 0 aromatic carbocycles. The van der Waals surface area contributed by atoms with Gasteiger partial charge in [0, 0.05) is 6.42 Å². The molecule has 1 aliphatic carbocycles. The van der Waals surface area contributed by atoms with E-state index in [4.69, 9.17) is 10.8 Å². The molecule has 4 heteroatoms. The molecular weight excluding hydrogens is 194 g/mol. The third-order valence-corrected chi connectivity index (χ3v) is 2.49. The fraction of sp³-hybridized carbons (Fsp3) is 0.545. The number of rotatable bonds is 3. The van der Waals surface area contributed by atoms with Crippen LogP contribution in [0, 0.1) is 0 Å². The number of hydrogen-bond acceptors (Lipinski definition) is 3. The lowest BCUT2D eigenvalue weighted by atomic mass is 9.87. The Morgan fingerprint density at radius 2 is 2.33 bits per heavy atom. The summed E-state index contributed by atoms with van der Waals surface area (Å²) < 4.78 is 0. The molecule has 0 fully saturated rings. The highest BCUT2D eigenvalue weighted by Crippen LogP contribution is 2.24. The molecule has 0 saturated carbocycles. The molecule has 1 unspecified atom stereocenters. The first kappa shape index (κ1) is 11.9. The van der Waals surface area contributed by atoms with Gasteiger partial charge >= 0.3 is 5.97 Å². The van der Waals surface area contributed by atoms with Crippen LogP contribution in [0.4, 0.5) is 0 Å². The minimum absolute atomic E-state index is 0.273. The van der Waals surface area contributed by atoms with Gasteiger partial charge in [0.15, 0.2) is 0 Å². The van der Waals surface area contributed by atoms with Gasteiger partial charge in [-0.25, -0.2) is 0 Å². The summed E-state index contributed by atoms with van der Waals surface area (Å²) >= 11 is 0. The van der Waals surface area contributed by atoms with E-state index in [-0.39, 0.29) is 6.42 Å². The van der Waals surface area contributed by atoms with Crippen LogP contribution >= 0.6 is 0 Å². The van der Waals surface area contributed by atoms with Crippen molar-refractivity contribution in [2.75, 3.05) is 0 Å². The van der Waals surface area contributed by atoms with Crippen LogP contribution in [0.3, 0.4) is 0 Å². The molecule has 4 N–H and O–H groups in total. The molecule has 0 spiro atoms. The van der Waals surface area contributed by atoms with E-state index in [1.807, 2.05) is 6.08 Å². The van der Waals surface area contributed by atoms with Gasteiger partial charge in [-0.15, -0.1) is 0 Å². The highest BCUT2D eigenvalue weighted by Gasteiger charge is 2.29. The standard InChI is InChI=1S/C11H17NO3/c1-10(15)5-3-8(4-6-10)7-11(2,12)9(13)14/h3-5,15H,6-7,12H2,1-2H3,(H,13,14)/t10?,11-/m0/s1. The highest BCUT2D eigenvalue weighted by atomic mass is 16.4. The predicted octanol–water partition coefficient (Wildman–Crippen LogP) is 0.816. The minimum Gasteiger partial charge on any atom is -0.480 e. The van der Waals surface area contributed by atoms with Crippen molar-refractivity contribution in [1.29, 1.82) is 0 Å². The number of nitrogens with two attached hydrogens (primary N) is 1. The van der Waals surface area contributed by atoms with Gasteiger partial charge in [-0.3, -0.25) is 4.79 Å². The van der Waals surface area contributed by atoms with Gasteiger partial charge in [-0.05, 0) is 25.8 Å². The van der Waals surface area contributed by atoms with Gasteiger partial charge in [0.05, 0.1) is 5.60 Å². The van der Waals surface area contributed by atoms with Crippen molar-refractivity contribution >= 4 is 5.97 Å². The van der Waals surface area contributed by atoms with Crippen LogP contribution < -0.4 is 5.73 Å². The summed E-state index contributed by atoms with van der Waals surface area (Å²) in [5.74, 6) is -1.02. The van der Waals surface area contributed by atoms with Crippen molar-refractivity contribution in [3.63, 3.8) is 0 Å².